The van der Waals surface area contributed by atoms with Crippen LogP contribution in [-0.2, 0) is 54.4 Å². The molecule has 0 fully saturated rings. The second kappa shape index (κ2) is 44.8. The highest BCUT2D eigenvalue weighted by Crippen LogP contribution is 2.16. The number of hydrogen-bond acceptors (Lipinski definition) is 14. The van der Waals surface area contributed by atoms with Gasteiger partial charge < -0.3 is 87.0 Å². The number of hydrogen-bond donors (Lipinski definition) is 16. The van der Waals surface area contributed by atoms with Gasteiger partial charge in [-0.25, -0.2) is 4.98 Å². The quantitative estimate of drug-likeness (QED) is 0.0230. The van der Waals surface area contributed by atoms with Crippen molar-refractivity contribution in [2.75, 3.05) is 19.7 Å². The molecule has 0 bridgehead atoms. The molecular formula is C59H108N18O11. The Balaban J connectivity index is 3.35. The summed E-state index contributed by atoms with van der Waals surface area (Å²) in [5.74, 6) is -10.2. The summed E-state index contributed by atoms with van der Waals surface area (Å²) in [6, 6.07) is -11.1. The second-order valence-corrected chi connectivity index (χ2v) is 23.2. The SMILES string of the molecule is CCCCCCCCCCCCCCCC(=O)N[C@@H](CCCN=C(N)N)C(=O)N[C@@H](CO)C(=O)N[C@@H](CC(C)C)C(=O)N[C@@H](CCCN=C(N)N)C(=O)N[C@@H](CC(N)=O)C(=O)N[C@H](C(=O)N[C@H](C(=O)N[C@@H](Cc1cnc[nH]1)C(N)=O)[C@@H](C)CC)[C@@H](C)CC. The van der Waals surface area contributed by atoms with Crippen LogP contribution in [-0.4, -0.2) is 154 Å². The van der Waals surface area contributed by atoms with E-state index < -0.39 is 126 Å². The van der Waals surface area contributed by atoms with Crippen molar-refractivity contribution in [3.05, 3.63) is 18.2 Å². The van der Waals surface area contributed by atoms with Gasteiger partial charge in [0.25, 0.3) is 0 Å². The van der Waals surface area contributed by atoms with Gasteiger partial charge in [0, 0.05) is 37.8 Å². The van der Waals surface area contributed by atoms with Crippen molar-refractivity contribution in [3.8, 4) is 0 Å². The Bertz CT molecular complexity index is 2350. The molecule has 0 saturated carbocycles. The summed E-state index contributed by atoms with van der Waals surface area (Å²) < 4.78 is 0. The number of amides is 10. The van der Waals surface area contributed by atoms with E-state index in [2.05, 4.69) is 69.4 Å². The Kier molecular flexibility index (Phi) is 39.9. The number of primary amides is 2. The number of rotatable bonds is 49. The molecule has 1 aromatic heterocycles. The van der Waals surface area contributed by atoms with E-state index in [9.17, 15) is 53.1 Å². The predicted molar refractivity (Wildman–Crippen MR) is 336 cm³/mol. The van der Waals surface area contributed by atoms with Gasteiger partial charge in [0.05, 0.1) is 19.4 Å². The third-order valence-corrected chi connectivity index (χ3v) is 15.1. The van der Waals surface area contributed by atoms with E-state index in [-0.39, 0.29) is 81.8 Å². The van der Waals surface area contributed by atoms with Crippen LogP contribution in [0.3, 0.4) is 0 Å². The van der Waals surface area contributed by atoms with Crippen LogP contribution in [0.1, 0.15) is 195 Å². The molecule has 0 aliphatic heterocycles. The normalized spacial score (nSPS) is 14.6. The Hall–Kier alpha value is -7.59. The number of imidazole rings is 1. The Morgan fingerprint density at radius 3 is 1.35 bits per heavy atom. The fourth-order valence-corrected chi connectivity index (χ4v) is 9.51. The largest absolute Gasteiger partial charge is 0.394 e. The van der Waals surface area contributed by atoms with Gasteiger partial charge in [-0.05, 0) is 56.3 Å². The van der Waals surface area contributed by atoms with Gasteiger partial charge in [0.1, 0.15) is 48.3 Å². The Labute approximate surface area is 519 Å². The van der Waals surface area contributed by atoms with Crippen LogP contribution in [0.25, 0.3) is 0 Å². The molecule has 88 heavy (non-hydrogen) atoms. The fourth-order valence-electron chi connectivity index (χ4n) is 9.51. The second-order valence-electron chi connectivity index (χ2n) is 23.2. The summed E-state index contributed by atoms with van der Waals surface area (Å²) in [5, 5.41) is 31.3. The minimum absolute atomic E-state index is 0.0127. The molecule has 1 aromatic rings. The molecule has 0 aliphatic rings. The molecule has 0 spiro atoms. The Morgan fingerprint density at radius 2 is 0.909 bits per heavy atom. The Morgan fingerprint density at radius 1 is 0.500 bits per heavy atom. The standard InChI is InChI=1S/C59H108N18O11/c1-8-11-12-13-14-15-16-17-18-19-20-21-22-27-47(80)70-40(25-23-28-67-58(62)63)51(82)75-45(34-78)55(86)73-43(30-36(4)5)53(84)71-41(26-24-29-68-59(64)65)52(83)74-44(32-46(60)79)54(85)76-49(38(7)10-3)57(88)77-48(37(6)9-2)56(87)72-42(50(61)81)31-39-33-66-35-69-39/h33,35-38,40-45,48-49,78H,8-32,34H2,1-7H3,(H2,60,79)(H2,61,81)(H,66,69)(H,70,80)(H,71,84)(H,72,87)(H,73,86)(H,74,83)(H,75,82)(H,76,85)(H,77,88)(H4,62,63,67)(H4,64,65,68)/t37-,38-,40-,41-,42-,43-,44-,45-,48-,49-/m0/s1. The summed E-state index contributed by atoms with van der Waals surface area (Å²) in [5.41, 5.74) is 33.8. The molecule has 29 nitrogen and oxygen atoms in total. The van der Waals surface area contributed by atoms with Crippen molar-refractivity contribution in [1.82, 2.24) is 52.5 Å². The number of nitrogens with two attached hydrogens (primary N) is 6. The number of unbranched alkanes of at least 4 members (excludes halogenated alkanes) is 12. The van der Waals surface area contributed by atoms with Gasteiger partial charge in [-0.2, -0.15) is 0 Å². The number of aliphatic hydroxyl groups excluding tert-OH is 1. The monoisotopic (exact) mass is 1240 g/mol. The minimum Gasteiger partial charge on any atom is -0.394 e. The number of nitrogens with zero attached hydrogens (tertiary/aromatic N) is 3. The van der Waals surface area contributed by atoms with Crippen molar-refractivity contribution in [3.63, 3.8) is 0 Å². The average molecular weight is 1250 g/mol. The smallest absolute Gasteiger partial charge is 0.245 e. The summed E-state index contributed by atoms with van der Waals surface area (Å²) in [7, 11) is 0. The number of aliphatic hydroxyl groups is 1. The van der Waals surface area contributed by atoms with E-state index in [0.29, 0.717) is 25.0 Å². The zero-order valence-corrected chi connectivity index (χ0v) is 53.2. The van der Waals surface area contributed by atoms with Gasteiger partial charge in [-0.3, -0.25) is 57.9 Å². The summed E-state index contributed by atoms with van der Waals surface area (Å²) >= 11 is 0. The molecule has 22 N–H and O–H groups in total. The molecule has 500 valence electrons. The molecule has 0 unspecified atom stereocenters. The third kappa shape index (κ3) is 33.5. The summed E-state index contributed by atoms with van der Waals surface area (Å²) in [4.78, 5) is 151. The molecule has 0 saturated heterocycles. The molecule has 1 rings (SSSR count). The number of aliphatic imine (C=N–C) groups is 2. The van der Waals surface area contributed by atoms with Crippen LogP contribution in [0, 0.1) is 17.8 Å². The van der Waals surface area contributed by atoms with Gasteiger partial charge in [0.2, 0.25) is 59.1 Å². The maximum Gasteiger partial charge on any atom is 0.245 e. The van der Waals surface area contributed by atoms with E-state index in [1.54, 1.807) is 41.5 Å². The van der Waals surface area contributed by atoms with Crippen molar-refractivity contribution in [2.45, 2.75) is 244 Å². The lowest BCUT2D eigenvalue weighted by atomic mass is 9.94. The maximum absolute atomic E-state index is 14.3. The van der Waals surface area contributed by atoms with Gasteiger partial charge in [-0.1, -0.05) is 138 Å². The zero-order valence-electron chi connectivity index (χ0n) is 53.2. The van der Waals surface area contributed by atoms with Crippen LogP contribution >= 0.6 is 0 Å². The van der Waals surface area contributed by atoms with Crippen molar-refractivity contribution in [2.24, 2.45) is 62.1 Å². The van der Waals surface area contributed by atoms with E-state index in [1.165, 1.54) is 63.9 Å². The first-order chi connectivity index (χ1) is 41.8. The zero-order chi connectivity index (χ0) is 66.1. The lowest BCUT2D eigenvalue weighted by Crippen LogP contribution is -2.62. The topological polar surface area (TPSA) is 497 Å². The number of H-pyrrole nitrogens is 1. The molecular weight excluding hydrogens is 1140 g/mol. The van der Waals surface area contributed by atoms with Crippen LogP contribution < -0.4 is 76.9 Å². The first kappa shape index (κ1) is 78.4. The average Bonchev–Trinajstić information content (AvgIpc) is 3.32. The predicted octanol–water partition coefficient (Wildman–Crippen LogP) is -0.0896. The van der Waals surface area contributed by atoms with Gasteiger partial charge in [-0.15, -0.1) is 0 Å². The van der Waals surface area contributed by atoms with E-state index in [1.807, 2.05) is 0 Å². The molecule has 10 amide bonds. The number of aromatic nitrogens is 2. The van der Waals surface area contributed by atoms with Crippen molar-refractivity contribution in [1.29, 1.82) is 0 Å². The van der Waals surface area contributed by atoms with Crippen LogP contribution in [0.5, 0.6) is 0 Å². The van der Waals surface area contributed by atoms with Gasteiger partial charge >= 0.3 is 0 Å². The minimum atomic E-state index is -1.73. The number of aromatic amines is 1. The third-order valence-electron chi connectivity index (χ3n) is 15.1. The van der Waals surface area contributed by atoms with Gasteiger partial charge in [0.15, 0.2) is 11.9 Å². The number of carbonyl (C=O) groups is 10. The van der Waals surface area contributed by atoms with E-state index >= 15 is 0 Å². The van der Waals surface area contributed by atoms with E-state index in [4.69, 9.17) is 34.4 Å². The van der Waals surface area contributed by atoms with Crippen LogP contribution in [0.15, 0.2) is 22.5 Å². The van der Waals surface area contributed by atoms with Crippen LogP contribution in [0.2, 0.25) is 0 Å². The molecule has 29 heteroatoms. The summed E-state index contributed by atoms with van der Waals surface area (Å²) in [6.45, 7) is 11.8. The highest BCUT2D eigenvalue weighted by molar-refractivity contribution is 5.99. The lowest BCUT2D eigenvalue weighted by molar-refractivity contribution is -0.137. The maximum atomic E-state index is 14.3. The molecule has 10 atom stereocenters. The number of nitrogens with one attached hydrogen (secondary N) is 9. The molecule has 0 aromatic carbocycles. The molecule has 0 radical (unpaired) electrons. The molecule has 0 aliphatic carbocycles. The summed E-state index contributed by atoms with van der Waals surface area (Å²) in [6.07, 6.45) is 17.9. The van der Waals surface area contributed by atoms with Crippen molar-refractivity contribution < 1.29 is 53.1 Å². The highest BCUT2D eigenvalue weighted by Gasteiger charge is 2.37. The van der Waals surface area contributed by atoms with Crippen LogP contribution in [0.4, 0.5) is 0 Å². The first-order valence-corrected chi connectivity index (χ1v) is 31.5. The number of carbonyl (C=O) groups excluding carboxylic acids is 10. The molecule has 1 heterocycles. The highest BCUT2D eigenvalue weighted by atomic mass is 16.3. The first-order valence-electron chi connectivity index (χ1n) is 31.5. The number of guanidine groups is 2. The van der Waals surface area contributed by atoms with E-state index in [0.717, 1.165) is 25.7 Å². The fraction of sp³-hybridized carbons (Fsp3) is 0.746. The lowest BCUT2D eigenvalue weighted by Gasteiger charge is -2.31. The van der Waals surface area contributed by atoms with Crippen molar-refractivity contribution >= 4 is 71.0 Å².